The molecule has 1 N–H and O–H groups in total. The van der Waals surface area contributed by atoms with E-state index in [0.29, 0.717) is 0 Å². The van der Waals surface area contributed by atoms with Crippen molar-refractivity contribution in [2.24, 2.45) is 0 Å². The van der Waals surface area contributed by atoms with Crippen molar-refractivity contribution in [2.45, 2.75) is 26.8 Å². The van der Waals surface area contributed by atoms with Crippen LogP contribution in [0.5, 0.6) is 0 Å². The Labute approximate surface area is 94.5 Å². The van der Waals surface area contributed by atoms with Gasteiger partial charge in [0.25, 0.3) is 0 Å². The third kappa shape index (κ3) is 3.32. The summed E-state index contributed by atoms with van der Waals surface area (Å²) >= 11 is 1.76. The maximum Gasteiger partial charge on any atom is 0.246 e. The third-order valence-electron chi connectivity index (χ3n) is 2.20. The lowest BCUT2D eigenvalue weighted by Crippen LogP contribution is -2.29. The summed E-state index contributed by atoms with van der Waals surface area (Å²) in [6.45, 7) is 6.26. The van der Waals surface area contributed by atoms with E-state index in [-0.39, 0.29) is 18.6 Å². The van der Waals surface area contributed by atoms with Gasteiger partial charge in [-0.25, -0.2) is 0 Å². The van der Waals surface area contributed by atoms with E-state index in [0.717, 1.165) is 0 Å². The van der Waals surface area contributed by atoms with E-state index in [1.165, 1.54) is 22.4 Å². The molecule has 0 aliphatic heterocycles. The van der Waals surface area contributed by atoms with Crippen molar-refractivity contribution < 1.29 is 9.53 Å². The van der Waals surface area contributed by atoms with E-state index >= 15 is 0 Å². The van der Waals surface area contributed by atoms with Gasteiger partial charge < -0.3 is 10.1 Å². The number of hydrogen-bond donors (Lipinski definition) is 1. The molecule has 4 heteroatoms. The average molecular weight is 227 g/mol. The van der Waals surface area contributed by atoms with E-state index in [9.17, 15) is 4.79 Å². The first-order valence-electron chi connectivity index (χ1n) is 4.89. The number of carbonyl (C=O) groups excluding carboxylic acids is 1. The van der Waals surface area contributed by atoms with Crippen LogP contribution in [-0.2, 0) is 9.53 Å². The summed E-state index contributed by atoms with van der Waals surface area (Å²) in [5, 5.41) is 2.89. The molecule has 0 aliphatic carbocycles. The molecule has 3 nitrogen and oxygen atoms in total. The maximum atomic E-state index is 11.3. The van der Waals surface area contributed by atoms with Gasteiger partial charge in [-0.3, -0.25) is 4.79 Å². The van der Waals surface area contributed by atoms with Crippen molar-refractivity contribution in [1.82, 2.24) is 5.32 Å². The Hall–Kier alpha value is -0.870. The van der Waals surface area contributed by atoms with E-state index in [2.05, 4.69) is 25.2 Å². The number of nitrogens with one attached hydrogen (secondary N) is 1. The van der Waals surface area contributed by atoms with Gasteiger partial charge >= 0.3 is 0 Å². The van der Waals surface area contributed by atoms with Crippen LogP contribution in [-0.4, -0.2) is 19.6 Å². The Balaban J connectivity index is 2.64. The highest BCUT2D eigenvalue weighted by Gasteiger charge is 2.13. The first-order valence-corrected chi connectivity index (χ1v) is 5.71. The summed E-state index contributed by atoms with van der Waals surface area (Å²) in [6, 6.07) is 2.18. The summed E-state index contributed by atoms with van der Waals surface area (Å²) in [6.07, 6.45) is 0. The smallest absolute Gasteiger partial charge is 0.246 e. The van der Waals surface area contributed by atoms with Crippen LogP contribution >= 0.6 is 11.3 Å². The van der Waals surface area contributed by atoms with Crippen LogP contribution < -0.4 is 5.32 Å². The van der Waals surface area contributed by atoms with Gasteiger partial charge in [0.1, 0.15) is 6.61 Å². The first kappa shape index (κ1) is 12.2. The predicted octanol–water partition coefficient (Wildman–Crippen LogP) is 2.19. The largest absolute Gasteiger partial charge is 0.375 e. The van der Waals surface area contributed by atoms with Crippen molar-refractivity contribution in [3.63, 3.8) is 0 Å². The Morgan fingerprint density at radius 2 is 2.27 bits per heavy atom. The van der Waals surface area contributed by atoms with Gasteiger partial charge in [-0.15, -0.1) is 11.3 Å². The predicted molar refractivity (Wildman–Crippen MR) is 62.2 cm³/mol. The molecule has 1 amide bonds. The van der Waals surface area contributed by atoms with Crippen LogP contribution in [0.4, 0.5) is 0 Å². The number of aryl methyl sites for hydroxylation is 2. The number of rotatable bonds is 4. The molecule has 1 atom stereocenters. The second kappa shape index (κ2) is 5.28. The SMILES string of the molecule is COCC(=O)NC(C)c1cc(C)sc1C. The monoisotopic (exact) mass is 227 g/mol. The van der Waals surface area contributed by atoms with Crippen LogP contribution in [0.15, 0.2) is 6.07 Å². The lowest BCUT2D eigenvalue weighted by Gasteiger charge is -2.13. The number of thiophene rings is 1. The highest BCUT2D eigenvalue weighted by Crippen LogP contribution is 2.25. The molecule has 0 aliphatic rings. The zero-order valence-corrected chi connectivity index (χ0v) is 10.4. The zero-order valence-electron chi connectivity index (χ0n) is 9.59. The molecular formula is C11H17NO2S. The van der Waals surface area contributed by atoms with Crippen LogP contribution in [0.1, 0.15) is 28.3 Å². The van der Waals surface area contributed by atoms with Gasteiger partial charge in [-0.1, -0.05) is 0 Å². The van der Waals surface area contributed by atoms with Crippen LogP contribution in [0, 0.1) is 13.8 Å². The highest BCUT2D eigenvalue weighted by molar-refractivity contribution is 7.12. The number of amides is 1. The molecule has 0 bridgehead atoms. The molecule has 0 saturated carbocycles. The fourth-order valence-corrected chi connectivity index (χ4v) is 2.59. The van der Waals surface area contributed by atoms with Gasteiger partial charge in [-0.05, 0) is 32.4 Å². The van der Waals surface area contributed by atoms with E-state index < -0.39 is 0 Å². The van der Waals surface area contributed by atoms with Gasteiger partial charge in [-0.2, -0.15) is 0 Å². The fourth-order valence-electron chi connectivity index (χ4n) is 1.57. The van der Waals surface area contributed by atoms with E-state index in [1.807, 2.05) is 6.92 Å². The molecular weight excluding hydrogens is 210 g/mol. The minimum absolute atomic E-state index is 0.0533. The zero-order chi connectivity index (χ0) is 11.4. The second-order valence-electron chi connectivity index (χ2n) is 3.59. The molecule has 0 aromatic carbocycles. The summed E-state index contributed by atoms with van der Waals surface area (Å²) in [5.74, 6) is -0.0757. The first-order chi connectivity index (χ1) is 7.04. The Morgan fingerprint density at radius 3 is 2.73 bits per heavy atom. The average Bonchev–Trinajstić information content (AvgIpc) is 2.45. The molecule has 1 heterocycles. The molecule has 15 heavy (non-hydrogen) atoms. The Kier molecular flexibility index (Phi) is 4.29. The van der Waals surface area contributed by atoms with Crippen LogP contribution in [0.3, 0.4) is 0 Å². The number of ether oxygens (including phenoxy) is 1. The summed E-state index contributed by atoms with van der Waals surface area (Å²) < 4.78 is 4.77. The highest BCUT2D eigenvalue weighted by atomic mass is 32.1. The normalized spacial score (nSPS) is 12.5. The summed E-state index contributed by atoms with van der Waals surface area (Å²) in [7, 11) is 1.52. The number of methoxy groups -OCH3 is 1. The minimum atomic E-state index is -0.0757. The lowest BCUT2D eigenvalue weighted by molar-refractivity contribution is -0.125. The third-order valence-corrected chi connectivity index (χ3v) is 3.18. The van der Waals surface area contributed by atoms with E-state index in [1.54, 1.807) is 11.3 Å². The summed E-state index contributed by atoms with van der Waals surface area (Å²) in [4.78, 5) is 13.8. The van der Waals surface area contributed by atoms with Gasteiger partial charge in [0.2, 0.25) is 5.91 Å². The van der Waals surface area contributed by atoms with Crippen LogP contribution in [0.2, 0.25) is 0 Å². The van der Waals surface area contributed by atoms with Crippen molar-refractivity contribution in [2.75, 3.05) is 13.7 Å². The maximum absolute atomic E-state index is 11.3. The van der Waals surface area contributed by atoms with E-state index in [4.69, 9.17) is 4.74 Å². The quantitative estimate of drug-likeness (QED) is 0.856. The Bertz CT molecular complexity index is 346. The molecule has 0 fully saturated rings. The van der Waals surface area contributed by atoms with Gasteiger partial charge in [0.15, 0.2) is 0 Å². The number of carbonyl (C=O) groups is 1. The molecule has 0 radical (unpaired) electrons. The van der Waals surface area contributed by atoms with Crippen molar-refractivity contribution in [3.8, 4) is 0 Å². The molecule has 84 valence electrons. The fraction of sp³-hybridized carbons (Fsp3) is 0.545. The molecule has 1 aromatic rings. The van der Waals surface area contributed by atoms with Crippen molar-refractivity contribution in [1.29, 1.82) is 0 Å². The standard InChI is InChI=1S/C11H17NO2S/c1-7-5-10(9(3)15-7)8(2)12-11(13)6-14-4/h5,8H,6H2,1-4H3,(H,12,13). The summed E-state index contributed by atoms with van der Waals surface area (Å²) in [5.41, 5.74) is 1.20. The number of hydrogen-bond acceptors (Lipinski definition) is 3. The lowest BCUT2D eigenvalue weighted by atomic mass is 10.1. The Morgan fingerprint density at radius 1 is 1.60 bits per heavy atom. The van der Waals surface area contributed by atoms with Crippen LogP contribution in [0.25, 0.3) is 0 Å². The minimum Gasteiger partial charge on any atom is -0.375 e. The molecule has 1 rings (SSSR count). The molecule has 1 aromatic heterocycles. The topological polar surface area (TPSA) is 38.3 Å². The van der Waals surface area contributed by atoms with Gasteiger partial charge in [0.05, 0.1) is 6.04 Å². The second-order valence-corrected chi connectivity index (χ2v) is 5.05. The molecule has 1 unspecified atom stereocenters. The van der Waals surface area contributed by atoms with Crippen molar-refractivity contribution >= 4 is 17.2 Å². The van der Waals surface area contributed by atoms with Crippen molar-refractivity contribution in [3.05, 3.63) is 21.4 Å². The molecule has 0 spiro atoms. The molecule has 0 saturated heterocycles. The van der Waals surface area contributed by atoms with Gasteiger partial charge in [0, 0.05) is 16.9 Å².